The Morgan fingerprint density at radius 3 is 2.44 bits per heavy atom. The van der Waals surface area contributed by atoms with E-state index in [1.54, 1.807) is 0 Å². The highest BCUT2D eigenvalue weighted by Crippen LogP contribution is 2.13. The summed E-state index contributed by atoms with van der Waals surface area (Å²) in [4.78, 5) is 0. The predicted octanol–water partition coefficient (Wildman–Crippen LogP) is 3.50. The van der Waals surface area contributed by atoms with Crippen molar-refractivity contribution in [2.24, 2.45) is 5.92 Å². The van der Waals surface area contributed by atoms with E-state index in [0.717, 1.165) is 38.8 Å². The SMILES string of the molecule is CCNC(C)(C#N)CCCCOC(C)CC(C)C. The van der Waals surface area contributed by atoms with Crippen LogP contribution in [0.15, 0.2) is 0 Å². The van der Waals surface area contributed by atoms with Crippen molar-refractivity contribution in [2.75, 3.05) is 13.2 Å². The molecule has 0 heterocycles. The first kappa shape index (κ1) is 17.4. The lowest BCUT2D eigenvalue weighted by Gasteiger charge is -2.22. The molecule has 2 unspecified atom stereocenters. The standard InChI is InChI=1S/C15H30N2O/c1-6-17-15(5,12-16)9-7-8-10-18-14(4)11-13(2)3/h13-14,17H,6-11H2,1-5H3. The summed E-state index contributed by atoms with van der Waals surface area (Å²) in [5, 5.41) is 12.3. The molecule has 0 aromatic rings. The summed E-state index contributed by atoms with van der Waals surface area (Å²) in [5.41, 5.74) is -0.377. The number of ether oxygens (including phenoxy) is 1. The lowest BCUT2D eigenvalue weighted by atomic mass is 9.96. The molecule has 0 saturated carbocycles. The molecule has 0 fully saturated rings. The Balaban J connectivity index is 3.64. The fourth-order valence-electron chi connectivity index (χ4n) is 2.17. The van der Waals surface area contributed by atoms with E-state index in [1.807, 2.05) is 13.8 Å². The van der Waals surface area contributed by atoms with E-state index in [0.29, 0.717) is 12.0 Å². The molecule has 0 aliphatic rings. The van der Waals surface area contributed by atoms with Crippen molar-refractivity contribution in [3.63, 3.8) is 0 Å². The number of nitrogens with one attached hydrogen (secondary N) is 1. The summed E-state index contributed by atoms with van der Waals surface area (Å²) in [5.74, 6) is 0.690. The van der Waals surface area contributed by atoms with Crippen LogP contribution in [0.5, 0.6) is 0 Å². The second-order valence-electron chi connectivity index (χ2n) is 5.74. The van der Waals surface area contributed by atoms with E-state index < -0.39 is 0 Å². The van der Waals surface area contributed by atoms with E-state index in [2.05, 4.69) is 32.2 Å². The highest BCUT2D eigenvalue weighted by atomic mass is 16.5. The Labute approximate surface area is 113 Å². The number of nitrogens with zero attached hydrogens (tertiary/aromatic N) is 1. The van der Waals surface area contributed by atoms with Crippen LogP contribution in [0.3, 0.4) is 0 Å². The van der Waals surface area contributed by atoms with Gasteiger partial charge in [-0.3, -0.25) is 5.32 Å². The average Bonchev–Trinajstić information content (AvgIpc) is 2.28. The van der Waals surface area contributed by atoms with E-state index >= 15 is 0 Å². The zero-order valence-electron chi connectivity index (χ0n) is 12.8. The van der Waals surface area contributed by atoms with Gasteiger partial charge in [0.25, 0.3) is 0 Å². The molecule has 3 nitrogen and oxygen atoms in total. The fourth-order valence-corrected chi connectivity index (χ4v) is 2.17. The summed E-state index contributed by atoms with van der Waals surface area (Å²) in [6.07, 6.45) is 4.42. The molecule has 0 amide bonds. The molecule has 3 heteroatoms. The van der Waals surface area contributed by atoms with Crippen LogP contribution in [-0.4, -0.2) is 24.8 Å². The molecular weight excluding hydrogens is 224 g/mol. The van der Waals surface area contributed by atoms with E-state index in [-0.39, 0.29) is 5.54 Å². The highest BCUT2D eigenvalue weighted by Gasteiger charge is 2.21. The maximum absolute atomic E-state index is 9.12. The molecule has 18 heavy (non-hydrogen) atoms. The molecule has 0 aromatic heterocycles. The van der Waals surface area contributed by atoms with Gasteiger partial charge in [0.2, 0.25) is 0 Å². The number of rotatable bonds is 10. The summed E-state index contributed by atoms with van der Waals surface area (Å²) in [6, 6.07) is 2.35. The number of unbranched alkanes of at least 4 members (excludes halogenated alkanes) is 1. The smallest absolute Gasteiger partial charge is 0.103 e. The lowest BCUT2D eigenvalue weighted by Crippen LogP contribution is -2.40. The number of hydrogen-bond donors (Lipinski definition) is 1. The zero-order chi connectivity index (χ0) is 14.0. The van der Waals surface area contributed by atoms with Gasteiger partial charge in [-0.15, -0.1) is 0 Å². The maximum Gasteiger partial charge on any atom is 0.103 e. The van der Waals surface area contributed by atoms with Crippen LogP contribution in [0, 0.1) is 17.2 Å². The van der Waals surface area contributed by atoms with Crippen molar-refractivity contribution >= 4 is 0 Å². The quantitative estimate of drug-likeness (QED) is 0.607. The van der Waals surface area contributed by atoms with Gasteiger partial charge in [0.15, 0.2) is 0 Å². The van der Waals surface area contributed by atoms with Gasteiger partial charge in [-0.05, 0) is 52.0 Å². The second kappa shape index (κ2) is 9.35. The van der Waals surface area contributed by atoms with Crippen LogP contribution < -0.4 is 5.32 Å². The van der Waals surface area contributed by atoms with E-state index in [1.165, 1.54) is 0 Å². The average molecular weight is 254 g/mol. The van der Waals surface area contributed by atoms with Crippen molar-refractivity contribution in [3.05, 3.63) is 0 Å². The molecule has 0 bridgehead atoms. The Morgan fingerprint density at radius 2 is 1.94 bits per heavy atom. The molecule has 0 saturated heterocycles. The largest absolute Gasteiger partial charge is 0.379 e. The van der Waals surface area contributed by atoms with Crippen molar-refractivity contribution in [1.82, 2.24) is 5.32 Å². The zero-order valence-corrected chi connectivity index (χ0v) is 12.8. The van der Waals surface area contributed by atoms with Gasteiger partial charge in [0.1, 0.15) is 5.54 Å². The first-order valence-electron chi connectivity index (χ1n) is 7.21. The molecule has 1 N–H and O–H groups in total. The summed E-state index contributed by atoms with van der Waals surface area (Å²) in [7, 11) is 0. The van der Waals surface area contributed by atoms with Gasteiger partial charge in [0.05, 0.1) is 12.2 Å². The summed E-state index contributed by atoms with van der Waals surface area (Å²) >= 11 is 0. The Kier molecular flexibility index (Phi) is 9.05. The Hall–Kier alpha value is -0.590. The summed E-state index contributed by atoms with van der Waals surface area (Å²) in [6.45, 7) is 12.2. The van der Waals surface area contributed by atoms with Crippen molar-refractivity contribution in [1.29, 1.82) is 5.26 Å². The van der Waals surface area contributed by atoms with Gasteiger partial charge in [-0.2, -0.15) is 5.26 Å². The lowest BCUT2D eigenvalue weighted by molar-refractivity contribution is 0.0489. The molecule has 0 radical (unpaired) electrons. The Morgan fingerprint density at radius 1 is 1.28 bits per heavy atom. The molecule has 106 valence electrons. The normalized spacial score (nSPS) is 16.3. The highest BCUT2D eigenvalue weighted by molar-refractivity contribution is 5.03. The van der Waals surface area contributed by atoms with Crippen LogP contribution in [0.4, 0.5) is 0 Å². The minimum atomic E-state index is -0.377. The second-order valence-corrected chi connectivity index (χ2v) is 5.74. The maximum atomic E-state index is 9.12. The molecule has 0 aliphatic carbocycles. The van der Waals surface area contributed by atoms with Crippen LogP contribution in [0.1, 0.15) is 60.3 Å². The molecule has 0 aliphatic heterocycles. The van der Waals surface area contributed by atoms with E-state index in [4.69, 9.17) is 10.00 Å². The van der Waals surface area contributed by atoms with Gasteiger partial charge in [0, 0.05) is 6.61 Å². The molecule has 0 rings (SSSR count). The third kappa shape index (κ3) is 8.49. The van der Waals surface area contributed by atoms with Crippen LogP contribution in [0.25, 0.3) is 0 Å². The minimum Gasteiger partial charge on any atom is -0.379 e. The topological polar surface area (TPSA) is 45.0 Å². The fraction of sp³-hybridized carbons (Fsp3) is 0.933. The van der Waals surface area contributed by atoms with E-state index in [9.17, 15) is 0 Å². The van der Waals surface area contributed by atoms with Crippen molar-refractivity contribution in [3.8, 4) is 6.07 Å². The van der Waals surface area contributed by atoms with Crippen molar-refractivity contribution in [2.45, 2.75) is 71.9 Å². The Bertz CT molecular complexity index is 247. The monoisotopic (exact) mass is 254 g/mol. The number of hydrogen-bond acceptors (Lipinski definition) is 3. The number of nitriles is 1. The summed E-state index contributed by atoms with van der Waals surface area (Å²) < 4.78 is 5.76. The third-order valence-corrected chi connectivity index (χ3v) is 3.09. The van der Waals surface area contributed by atoms with Crippen LogP contribution in [-0.2, 0) is 4.74 Å². The van der Waals surface area contributed by atoms with Crippen LogP contribution >= 0.6 is 0 Å². The van der Waals surface area contributed by atoms with Gasteiger partial charge in [-0.25, -0.2) is 0 Å². The first-order valence-corrected chi connectivity index (χ1v) is 7.21. The third-order valence-electron chi connectivity index (χ3n) is 3.09. The first-order chi connectivity index (χ1) is 8.43. The van der Waals surface area contributed by atoms with Crippen molar-refractivity contribution < 1.29 is 4.74 Å². The molecule has 0 aromatic carbocycles. The van der Waals surface area contributed by atoms with Gasteiger partial charge in [-0.1, -0.05) is 20.8 Å². The molecule has 0 spiro atoms. The minimum absolute atomic E-state index is 0.348. The molecular formula is C15H30N2O. The molecule has 2 atom stereocenters. The van der Waals surface area contributed by atoms with Crippen LogP contribution in [0.2, 0.25) is 0 Å². The predicted molar refractivity (Wildman–Crippen MR) is 76.4 cm³/mol. The van der Waals surface area contributed by atoms with Gasteiger partial charge < -0.3 is 4.74 Å². The van der Waals surface area contributed by atoms with Gasteiger partial charge >= 0.3 is 0 Å².